The molecule has 110 valence electrons. The van der Waals surface area contributed by atoms with Gasteiger partial charge in [0.25, 0.3) is 0 Å². The molecule has 0 fully saturated rings. The molecule has 21 heavy (non-hydrogen) atoms. The molecule has 0 aliphatic heterocycles. The van der Waals surface area contributed by atoms with Crippen molar-refractivity contribution in [3.05, 3.63) is 58.9 Å². The molecule has 1 N–H and O–H groups in total. The van der Waals surface area contributed by atoms with Gasteiger partial charge < -0.3 is 5.11 Å². The first kappa shape index (κ1) is 15.0. The van der Waals surface area contributed by atoms with Gasteiger partial charge in [-0.05, 0) is 41.8 Å². The number of hydrogen-bond acceptors (Lipinski definition) is 1. The van der Waals surface area contributed by atoms with Crippen LogP contribution in [0, 0.1) is 12.7 Å². The van der Waals surface area contributed by atoms with Crippen molar-refractivity contribution < 1.29 is 27.5 Å². The first-order valence-corrected chi connectivity index (χ1v) is 5.92. The summed E-state index contributed by atoms with van der Waals surface area (Å²) in [6.45, 7) is 1.43. The Labute approximate surface area is 117 Å². The minimum atomic E-state index is -4.58. The molecule has 0 atom stereocenters. The van der Waals surface area contributed by atoms with E-state index >= 15 is 0 Å². The summed E-state index contributed by atoms with van der Waals surface area (Å²) in [6, 6.07) is 6.63. The van der Waals surface area contributed by atoms with E-state index in [1.165, 1.54) is 25.1 Å². The van der Waals surface area contributed by atoms with Crippen LogP contribution in [0.5, 0.6) is 0 Å². The average Bonchev–Trinajstić information content (AvgIpc) is 2.37. The van der Waals surface area contributed by atoms with Crippen LogP contribution < -0.4 is 0 Å². The average molecular weight is 298 g/mol. The number of carboxylic acids is 1. The van der Waals surface area contributed by atoms with Crippen molar-refractivity contribution in [3.63, 3.8) is 0 Å². The third-order valence-electron chi connectivity index (χ3n) is 3.07. The number of hydrogen-bond donors (Lipinski definition) is 1. The number of aryl methyl sites for hydroxylation is 1. The first-order valence-electron chi connectivity index (χ1n) is 5.92. The molecule has 0 radical (unpaired) electrons. The molecule has 0 aliphatic rings. The van der Waals surface area contributed by atoms with Gasteiger partial charge in [-0.25, -0.2) is 9.18 Å². The lowest BCUT2D eigenvalue weighted by Gasteiger charge is -2.15. The van der Waals surface area contributed by atoms with E-state index in [-0.39, 0.29) is 16.7 Å². The topological polar surface area (TPSA) is 37.3 Å². The molecule has 0 bridgehead atoms. The normalized spacial score (nSPS) is 11.5. The summed E-state index contributed by atoms with van der Waals surface area (Å²) in [7, 11) is 0. The fourth-order valence-electron chi connectivity index (χ4n) is 2.09. The first-order chi connectivity index (χ1) is 9.71. The van der Waals surface area contributed by atoms with Gasteiger partial charge in [-0.3, -0.25) is 0 Å². The number of rotatable bonds is 2. The Morgan fingerprint density at radius 2 is 1.71 bits per heavy atom. The Bertz CT molecular complexity index is 705. The number of carboxylic acid groups (broad SMARTS) is 1. The maximum atomic E-state index is 13.5. The van der Waals surface area contributed by atoms with Gasteiger partial charge in [-0.2, -0.15) is 13.2 Å². The van der Waals surface area contributed by atoms with E-state index < -0.39 is 29.1 Å². The van der Waals surface area contributed by atoms with E-state index in [4.69, 9.17) is 5.11 Å². The minimum absolute atomic E-state index is 0.0433. The number of alkyl halides is 3. The summed E-state index contributed by atoms with van der Waals surface area (Å²) in [5.41, 5.74) is -1.45. The molecular weight excluding hydrogens is 288 g/mol. The monoisotopic (exact) mass is 298 g/mol. The fraction of sp³-hybridized carbons (Fsp3) is 0.133. The van der Waals surface area contributed by atoms with Crippen molar-refractivity contribution in [1.29, 1.82) is 0 Å². The van der Waals surface area contributed by atoms with Crippen LogP contribution >= 0.6 is 0 Å². The number of aromatic carboxylic acids is 1. The van der Waals surface area contributed by atoms with Crippen molar-refractivity contribution >= 4 is 5.97 Å². The van der Waals surface area contributed by atoms with Crippen molar-refractivity contribution in [1.82, 2.24) is 0 Å². The summed E-state index contributed by atoms with van der Waals surface area (Å²) >= 11 is 0. The minimum Gasteiger partial charge on any atom is -0.478 e. The molecule has 0 heterocycles. The van der Waals surface area contributed by atoms with Crippen LogP contribution in [0.4, 0.5) is 17.6 Å². The van der Waals surface area contributed by atoms with Gasteiger partial charge in [0.05, 0.1) is 11.1 Å². The molecule has 0 spiro atoms. The zero-order valence-corrected chi connectivity index (χ0v) is 10.8. The highest BCUT2D eigenvalue weighted by Gasteiger charge is 2.33. The van der Waals surface area contributed by atoms with E-state index in [1.54, 1.807) is 0 Å². The maximum absolute atomic E-state index is 13.5. The highest BCUT2D eigenvalue weighted by molar-refractivity contribution is 5.90. The third-order valence-corrected chi connectivity index (χ3v) is 3.07. The fourth-order valence-corrected chi connectivity index (χ4v) is 2.09. The van der Waals surface area contributed by atoms with E-state index in [0.29, 0.717) is 0 Å². The van der Waals surface area contributed by atoms with Crippen LogP contribution in [0.1, 0.15) is 21.5 Å². The van der Waals surface area contributed by atoms with Crippen molar-refractivity contribution in [2.75, 3.05) is 0 Å². The molecule has 2 aromatic carbocycles. The van der Waals surface area contributed by atoms with Gasteiger partial charge in [0.15, 0.2) is 0 Å². The molecule has 0 amide bonds. The lowest BCUT2D eigenvalue weighted by molar-refractivity contribution is -0.137. The Balaban J connectivity index is 2.74. The van der Waals surface area contributed by atoms with Crippen LogP contribution in [-0.4, -0.2) is 11.1 Å². The maximum Gasteiger partial charge on any atom is 0.417 e. The molecule has 2 aromatic rings. The second-order valence-corrected chi connectivity index (χ2v) is 4.50. The van der Waals surface area contributed by atoms with Crippen LogP contribution in [0.15, 0.2) is 36.4 Å². The van der Waals surface area contributed by atoms with E-state index in [1.807, 2.05) is 0 Å². The zero-order chi connectivity index (χ0) is 15.8. The molecule has 2 nitrogen and oxygen atoms in total. The van der Waals surface area contributed by atoms with Gasteiger partial charge in [0.1, 0.15) is 5.82 Å². The van der Waals surface area contributed by atoms with Crippen molar-refractivity contribution in [2.45, 2.75) is 13.1 Å². The smallest absolute Gasteiger partial charge is 0.417 e. The predicted octanol–water partition coefficient (Wildman–Crippen LogP) is 4.52. The molecule has 0 aliphatic carbocycles. The highest BCUT2D eigenvalue weighted by atomic mass is 19.4. The summed E-state index contributed by atoms with van der Waals surface area (Å²) in [4.78, 5) is 10.9. The molecule has 0 saturated carbocycles. The molecule has 0 aromatic heterocycles. The van der Waals surface area contributed by atoms with Gasteiger partial charge in [-0.1, -0.05) is 18.2 Å². The highest BCUT2D eigenvalue weighted by Crippen LogP contribution is 2.38. The second-order valence-electron chi connectivity index (χ2n) is 4.50. The standard InChI is InChI=1S/C15H10F4O2/c1-8-6-13(16)11(14(20)21)7-10(8)9-4-2-3-5-12(9)15(17,18)19/h2-7H,1H3,(H,20,21). The number of halogens is 4. The SMILES string of the molecule is Cc1cc(F)c(C(=O)O)cc1-c1ccccc1C(F)(F)F. The van der Waals surface area contributed by atoms with Gasteiger partial charge >= 0.3 is 12.1 Å². The summed E-state index contributed by atoms with van der Waals surface area (Å²) in [5.74, 6) is -2.51. The predicted molar refractivity (Wildman–Crippen MR) is 68.5 cm³/mol. The third kappa shape index (κ3) is 2.89. The molecule has 0 unspecified atom stereocenters. The summed E-state index contributed by atoms with van der Waals surface area (Å²) in [5, 5.41) is 8.89. The van der Waals surface area contributed by atoms with Gasteiger partial charge in [0, 0.05) is 0 Å². The van der Waals surface area contributed by atoms with Crippen LogP contribution in [-0.2, 0) is 6.18 Å². The molecule has 0 saturated heterocycles. The summed E-state index contributed by atoms with van der Waals surface area (Å²) in [6.07, 6.45) is -4.58. The van der Waals surface area contributed by atoms with Gasteiger partial charge in [0.2, 0.25) is 0 Å². The number of benzene rings is 2. The van der Waals surface area contributed by atoms with Crippen molar-refractivity contribution in [3.8, 4) is 11.1 Å². The largest absolute Gasteiger partial charge is 0.478 e. The molecule has 6 heteroatoms. The zero-order valence-electron chi connectivity index (χ0n) is 10.8. The molecular formula is C15H10F4O2. The van der Waals surface area contributed by atoms with Crippen LogP contribution in [0.3, 0.4) is 0 Å². The Morgan fingerprint density at radius 3 is 2.29 bits per heavy atom. The lowest BCUT2D eigenvalue weighted by atomic mass is 9.94. The van der Waals surface area contributed by atoms with E-state index in [9.17, 15) is 22.4 Å². The van der Waals surface area contributed by atoms with Gasteiger partial charge in [-0.15, -0.1) is 0 Å². The Morgan fingerprint density at radius 1 is 1.10 bits per heavy atom. The van der Waals surface area contributed by atoms with E-state index in [0.717, 1.165) is 18.2 Å². The van der Waals surface area contributed by atoms with Crippen molar-refractivity contribution in [2.24, 2.45) is 0 Å². The number of carbonyl (C=O) groups is 1. The Hall–Kier alpha value is -2.37. The molecule has 2 rings (SSSR count). The summed E-state index contributed by atoms with van der Waals surface area (Å²) < 4.78 is 52.6. The van der Waals surface area contributed by atoms with E-state index in [2.05, 4.69) is 0 Å². The second kappa shape index (κ2) is 5.20. The quantitative estimate of drug-likeness (QED) is 0.828. The Kier molecular flexibility index (Phi) is 3.72. The van der Waals surface area contributed by atoms with Crippen LogP contribution in [0.2, 0.25) is 0 Å². The lowest BCUT2D eigenvalue weighted by Crippen LogP contribution is -2.08. The van der Waals surface area contributed by atoms with Crippen LogP contribution in [0.25, 0.3) is 11.1 Å².